The van der Waals surface area contributed by atoms with Gasteiger partial charge >= 0.3 is 0 Å². The Balaban J connectivity index is 1.43. The van der Waals surface area contributed by atoms with Gasteiger partial charge in [-0.1, -0.05) is 29.8 Å². The number of fused-ring (bicyclic) bond motifs is 1. The number of carbonyl (C=O) groups is 1. The van der Waals surface area contributed by atoms with Crippen LogP contribution in [0.25, 0.3) is 5.78 Å². The molecule has 3 aromatic rings. The molecule has 7 nitrogen and oxygen atoms in total. The van der Waals surface area contributed by atoms with Crippen molar-refractivity contribution >= 4 is 29.0 Å². The molecule has 1 saturated heterocycles. The Morgan fingerprint density at radius 2 is 1.78 bits per heavy atom. The van der Waals surface area contributed by atoms with Crippen molar-refractivity contribution in [1.29, 1.82) is 0 Å². The number of benzene rings is 1. The van der Waals surface area contributed by atoms with Crippen molar-refractivity contribution in [3.63, 3.8) is 0 Å². The number of rotatable bonds is 3. The summed E-state index contributed by atoms with van der Waals surface area (Å²) in [6, 6.07) is 10.3. The van der Waals surface area contributed by atoms with Gasteiger partial charge < -0.3 is 9.80 Å². The van der Waals surface area contributed by atoms with E-state index in [-0.39, 0.29) is 12.3 Å². The fourth-order valence-electron chi connectivity index (χ4n) is 3.37. The summed E-state index contributed by atoms with van der Waals surface area (Å²) in [4.78, 5) is 25.6. The Morgan fingerprint density at radius 1 is 1.07 bits per heavy atom. The van der Waals surface area contributed by atoms with Gasteiger partial charge in [0.1, 0.15) is 0 Å². The lowest BCUT2D eigenvalue weighted by atomic mass is 10.2. The van der Waals surface area contributed by atoms with Gasteiger partial charge in [0.05, 0.1) is 22.8 Å². The topological polar surface area (TPSA) is 66.6 Å². The number of hydrogen-bond acceptors (Lipinski definition) is 5. The number of nitrogens with zero attached hydrogens (tertiary/aromatic N) is 6. The number of aromatic nitrogens is 4. The zero-order valence-corrected chi connectivity index (χ0v) is 16.1. The van der Waals surface area contributed by atoms with Crippen molar-refractivity contribution in [2.75, 3.05) is 31.1 Å². The van der Waals surface area contributed by atoms with Crippen LogP contribution in [0.2, 0.25) is 5.02 Å². The maximum atomic E-state index is 12.7. The summed E-state index contributed by atoms with van der Waals surface area (Å²) in [6.07, 6.45) is 0.171. The number of para-hydroxylation sites is 1. The van der Waals surface area contributed by atoms with E-state index in [0.717, 1.165) is 18.8 Å². The van der Waals surface area contributed by atoms with Crippen molar-refractivity contribution < 1.29 is 4.79 Å². The van der Waals surface area contributed by atoms with Gasteiger partial charge in [0, 0.05) is 31.9 Å². The zero-order valence-electron chi connectivity index (χ0n) is 15.4. The second-order valence-corrected chi connectivity index (χ2v) is 7.09. The third-order valence-corrected chi connectivity index (χ3v) is 5.46. The third kappa shape index (κ3) is 3.47. The highest BCUT2D eigenvalue weighted by Gasteiger charge is 2.23. The third-order valence-electron chi connectivity index (χ3n) is 4.92. The molecule has 0 spiro atoms. The predicted molar refractivity (Wildman–Crippen MR) is 104 cm³/mol. The highest BCUT2D eigenvalue weighted by atomic mass is 35.5. The van der Waals surface area contributed by atoms with Gasteiger partial charge in [-0.2, -0.15) is 9.50 Å². The van der Waals surface area contributed by atoms with Crippen LogP contribution in [0, 0.1) is 13.8 Å². The molecule has 8 heteroatoms. The first-order valence-corrected chi connectivity index (χ1v) is 9.37. The zero-order chi connectivity index (χ0) is 19.0. The lowest BCUT2D eigenvalue weighted by Gasteiger charge is -2.36. The molecule has 0 saturated carbocycles. The second kappa shape index (κ2) is 7.15. The van der Waals surface area contributed by atoms with Crippen LogP contribution in [-0.2, 0) is 11.2 Å². The normalized spacial score (nSPS) is 14.8. The standard InChI is InChI=1S/C19H21ClN6O/c1-13-18(20)14(2)26-19(21-13)22-16(23-26)12-17(27)25-10-8-24(9-11-25)15-6-4-3-5-7-15/h3-7H,8-12H2,1-2H3. The minimum Gasteiger partial charge on any atom is -0.368 e. The van der Waals surface area contributed by atoms with E-state index < -0.39 is 0 Å². The molecule has 1 aliphatic heterocycles. The van der Waals surface area contributed by atoms with Gasteiger partial charge in [0.15, 0.2) is 5.82 Å². The number of carbonyl (C=O) groups excluding carboxylic acids is 1. The van der Waals surface area contributed by atoms with Crippen LogP contribution in [0.15, 0.2) is 30.3 Å². The highest BCUT2D eigenvalue weighted by molar-refractivity contribution is 6.31. The fourth-order valence-corrected chi connectivity index (χ4v) is 3.49. The van der Waals surface area contributed by atoms with Crippen molar-refractivity contribution in [1.82, 2.24) is 24.5 Å². The molecule has 140 valence electrons. The van der Waals surface area contributed by atoms with E-state index >= 15 is 0 Å². The van der Waals surface area contributed by atoms with E-state index in [4.69, 9.17) is 11.6 Å². The average molecular weight is 385 g/mol. The Morgan fingerprint density at radius 3 is 2.48 bits per heavy atom. The SMILES string of the molecule is Cc1nc2nc(CC(=O)N3CCN(c4ccccc4)CC3)nn2c(C)c1Cl. The fraction of sp³-hybridized carbons (Fsp3) is 0.368. The Labute approximate surface area is 162 Å². The van der Waals surface area contributed by atoms with Crippen molar-refractivity contribution in [3.05, 3.63) is 52.6 Å². The molecule has 0 unspecified atom stereocenters. The van der Waals surface area contributed by atoms with Crippen molar-refractivity contribution in [3.8, 4) is 0 Å². The van der Waals surface area contributed by atoms with E-state index in [0.29, 0.717) is 35.4 Å². The number of halogens is 1. The van der Waals surface area contributed by atoms with E-state index in [1.807, 2.05) is 36.9 Å². The summed E-state index contributed by atoms with van der Waals surface area (Å²) in [5, 5.41) is 4.98. The Hall–Kier alpha value is -2.67. The molecule has 1 aromatic carbocycles. The molecule has 0 aliphatic carbocycles. The summed E-state index contributed by atoms with van der Waals surface area (Å²) in [5.41, 5.74) is 2.69. The molecule has 27 heavy (non-hydrogen) atoms. The average Bonchev–Trinajstić information content (AvgIpc) is 3.09. The number of amides is 1. The van der Waals surface area contributed by atoms with Gasteiger partial charge in [0.2, 0.25) is 5.91 Å². The first-order chi connectivity index (χ1) is 13.0. The summed E-state index contributed by atoms with van der Waals surface area (Å²) in [5.74, 6) is 0.993. The van der Waals surface area contributed by atoms with Gasteiger partial charge in [-0.15, -0.1) is 5.10 Å². The van der Waals surface area contributed by atoms with Crippen molar-refractivity contribution in [2.45, 2.75) is 20.3 Å². The molecule has 3 heterocycles. The first kappa shape index (κ1) is 17.7. The molecule has 0 bridgehead atoms. The van der Waals surface area contributed by atoms with Crippen LogP contribution in [0.4, 0.5) is 5.69 Å². The molecule has 4 rings (SSSR count). The van der Waals surface area contributed by atoms with Crippen LogP contribution in [0.3, 0.4) is 0 Å². The lowest BCUT2D eigenvalue weighted by molar-refractivity contribution is -0.130. The van der Waals surface area contributed by atoms with Gasteiger partial charge in [-0.3, -0.25) is 4.79 Å². The Bertz CT molecular complexity index is 979. The summed E-state index contributed by atoms with van der Waals surface area (Å²) in [7, 11) is 0. The molecular weight excluding hydrogens is 364 g/mol. The van der Waals surface area contributed by atoms with E-state index in [1.54, 1.807) is 4.52 Å². The maximum Gasteiger partial charge on any atom is 0.252 e. The predicted octanol–water partition coefficient (Wildman–Crippen LogP) is 2.29. The number of aryl methyl sites for hydroxylation is 2. The molecule has 0 atom stereocenters. The van der Waals surface area contributed by atoms with Crippen LogP contribution in [0.1, 0.15) is 17.2 Å². The number of anilines is 1. The van der Waals surface area contributed by atoms with Gasteiger partial charge in [-0.05, 0) is 26.0 Å². The molecular formula is C19H21ClN6O. The monoisotopic (exact) mass is 384 g/mol. The molecule has 0 radical (unpaired) electrons. The van der Waals surface area contributed by atoms with Crippen LogP contribution in [0.5, 0.6) is 0 Å². The lowest BCUT2D eigenvalue weighted by Crippen LogP contribution is -2.49. The molecule has 1 fully saturated rings. The van der Waals surface area contributed by atoms with E-state index in [9.17, 15) is 4.79 Å². The molecule has 0 N–H and O–H groups in total. The molecule has 1 aliphatic rings. The van der Waals surface area contributed by atoms with Crippen LogP contribution < -0.4 is 4.90 Å². The highest BCUT2D eigenvalue weighted by Crippen LogP contribution is 2.19. The van der Waals surface area contributed by atoms with Gasteiger partial charge in [0.25, 0.3) is 5.78 Å². The molecule has 1 amide bonds. The van der Waals surface area contributed by atoms with Gasteiger partial charge in [-0.25, -0.2) is 4.98 Å². The smallest absolute Gasteiger partial charge is 0.252 e. The van der Waals surface area contributed by atoms with E-state index in [2.05, 4.69) is 32.1 Å². The van der Waals surface area contributed by atoms with Crippen LogP contribution >= 0.6 is 11.6 Å². The second-order valence-electron chi connectivity index (χ2n) is 6.72. The van der Waals surface area contributed by atoms with E-state index in [1.165, 1.54) is 5.69 Å². The van der Waals surface area contributed by atoms with Crippen LogP contribution in [-0.4, -0.2) is 56.6 Å². The van der Waals surface area contributed by atoms with Crippen molar-refractivity contribution in [2.24, 2.45) is 0 Å². The number of hydrogen-bond donors (Lipinski definition) is 0. The molecule has 2 aromatic heterocycles. The summed E-state index contributed by atoms with van der Waals surface area (Å²) >= 11 is 6.23. The summed E-state index contributed by atoms with van der Waals surface area (Å²) < 4.78 is 1.60. The minimum absolute atomic E-state index is 0.0408. The maximum absolute atomic E-state index is 12.7. The summed E-state index contributed by atoms with van der Waals surface area (Å²) in [6.45, 7) is 6.74. The quantitative estimate of drug-likeness (QED) is 0.693. The first-order valence-electron chi connectivity index (χ1n) is 8.99. The largest absolute Gasteiger partial charge is 0.368 e. The number of piperazine rings is 1. The minimum atomic E-state index is 0.0408. The Kier molecular flexibility index (Phi) is 4.70.